The maximum absolute atomic E-state index is 10.8. The number of esters is 8. The third kappa shape index (κ3) is 103. The van der Waals surface area contributed by atoms with Gasteiger partial charge in [-0.05, 0) is 63.7 Å². The zero-order valence-electron chi connectivity index (χ0n) is 55.4. The van der Waals surface area contributed by atoms with Gasteiger partial charge >= 0.3 is 47.8 Å². The molecule has 546 valence electrons. The lowest BCUT2D eigenvalue weighted by Crippen LogP contribution is -2.24. The summed E-state index contributed by atoms with van der Waals surface area (Å²) >= 11 is 0. The quantitative estimate of drug-likeness (QED) is 0.0138. The van der Waals surface area contributed by atoms with E-state index in [1.807, 2.05) is 6.92 Å². The summed E-state index contributed by atoms with van der Waals surface area (Å²) in [7, 11) is 0. The van der Waals surface area contributed by atoms with Gasteiger partial charge in [-0.25, -0.2) is 38.4 Å². The fourth-order valence-corrected chi connectivity index (χ4v) is 4.78. The molecule has 1 saturated carbocycles. The first kappa shape index (κ1) is 105. The Morgan fingerprint density at radius 3 is 1.05 bits per heavy atom. The molecule has 0 spiro atoms. The van der Waals surface area contributed by atoms with Crippen LogP contribution in [0.2, 0.25) is 0 Å². The van der Waals surface area contributed by atoms with Gasteiger partial charge in [0.25, 0.3) is 0 Å². The van der Waals surface area contributed by atoms with Crippen molar-refractivity contribution in [3.8, 4) is 0 Å². The minimum atomic E-state index is -0.996. The predicted molar refractivity (Wildman–Crippen MR) is 350 cm³/mol. The van der Waals surface area contributed by atoms with Crippen LogP contribution in [0.25, 0.3) is 0 Å². The first-order chi connectivity index (χ1) is 44.8. The number of aliphatic hydroxyl groups excluding tert-OH is 11. The zero-order chi connectivity index (χ0) is 74.0. The molecule has 1 rings (SSSR count). The molecule has 0 bridgehead atoms. The molecule has 29 nitrogen and oxygen atoms in total. The molecule has 0 aromatic carbocycles. The van der Waals surface area contributed by atoms with Crippen LogP contribution in [0, 0.1) is 11.8 Å². The van der Waals surface area contributed by atoms with Crippen LogP contribution in [-0.4, -0.2) is 241 Å². The Labute approximate surface area is 554 Å². The minimum absolute atomic E-state index is 0.0326. The van der Waals surface area contributed by atoms with Crippen molar-refractivity contribution in [3.63, 3.8) is 0 Å². The van der Waals surface area contributed by atoms with E-state index in [1.165, 1.54) is 57.6 Å². The largest absolute Gasteiger partial charge is 0.502 e. The highest BCUT2D eigenvalue weighted by atomic mass is 16.6. The summed E-state index contributed by atoms with van der Waals surface area (Å²) in [5.41, 5.74) is 0. The molecule has 0 aromatic heterocycles. The lowest BCUT2D eigenvalue weighted by Gasteiger charge is -2.27. The van der Waals surface area contributed by atoms with Crippen molar-refractivity contribution in [1.82, 2.24) is 0 Å². The average Bonchev–Trinajstić information content (AvgIpc) is 1.72. The van der Waals surface area contributed by atoms with Gasteiger partial charge < -0.3 is 104 Å². The summed E-state index contributed by atoms with van der Waals surface area (Å²) < 4.78 is 45.6. The van der Waals surface area contributed by atoms with Crippen molar-refractivity contribution >= 4 is 47.8 Å². The highest BCUT2D eigenvalue weighted by molar-refractivity contribution is 5.83. The van der Waals surface area contributed by atoms with Gasteiger partial charge in [-0.15, -0.1) is 0 Å². The van der Waals surface area contributed by atoms with Gasteiger partial charge in [0.15, 0.2) is 0 Å². The molecule has 0 heterocycles. The molecule has 29 heteroatoms. The Bertz CT molecular complexity index is 1880. The number of aliphatic hydroxyl groups is 11. The van der Waals surface area contributed by atoms with Crippen molar-refractivity contribution in [3.05, 3.63) is 127 Å². The number of ether oxygens (including phenoxy) is 10. The number of hydrogen-bond acceptors (Lipinski definition) is 29. The van der Waals surface area contributed by atoms with Crippen LogP contribution < -0.4 is 0 Å². The van der Waals surface area contributed by atoms with Gasteiger partial charge in [-0.3, -0.25) is 0 Å². The van der Waals surface area contributed by atoms with E-state index < -0.39 is 72.8 Å². The highest BCUT2D eigenvalue weighted by Crippen LogP contribution is 2.30. The van der Waals surface area contributed by atoms with Crippen LogP contribution in [0.3, 0.4) is 0 Å². The Kier molecular flexibility index (Phi) is 100. The topological polar surface area (TPSA) is 451 Å². The Morgan fingerprint density at radius 1 is 0.383 bits per heavy atom. The Hall–Kier alpha value is -7.68. The third-order valence-corrected chi connectivity index (χ3v) is 9.81. The van der Waals surface area contributed by atoms with Crippen LogP contribution in [0.1, 0.15) is 91.4 Å². The van der Waals surface area contributed by atoms with Gasteiger partial charge in [-0.2, -0.15) is 0 Å². The highest BCUT2D eigenvalue weighted by Gasteiger charge is 2.20. The number of carbonyl (C=O) groups excluding carboxylic acids is 8. The first-order valence-electron chi connectivity index (χ1n) is 29.6. The molecule has 94 heavy (non-hydrogen) atoms. The van der Waals surface area contributed by atoms with E-state index in [0.717, 1.165) is 61.3 Å². The SMILES string of the molecule is C=CC(=O)OC(CO)CO.C=CC(=O)OCC(C)O.C=CC(=O)OCC(O)CC.C=CC(=O)OCC(O)CO.C=CC(=O)OCC1CCC(CC)CC1.C=CC(=O)OCCCCO.C=CC(=O)OCCCO.C=CC(=O)OCCO.C=COCCCCO.C=COCCO. The van der Waals surface area contributed by atoms with Gasteiger partial charge in [-0.1, -0.05) is 98.9 Å². The monoisotopic (exact) mass is 1360 g/mol. The van der Waals surface area contributed by atoms with E-state index in [2.05, 4.69) is 111 Å². The summed E-state index contributed by atoms with van der Waals surface area (Å²) in [6.07, 6.45) is 18.8. The second kappa shape index (κ2) is 89.5. The Morgan fingerprint density at radius 2 is 0.723 bits per heavy atom. The van der Waals surface area contributed by atoms with E-state index in [1.54, 1.807) is 0 Å². The minimum Gasteiger partial charge on any atom is -0.502 e. The second-order valence-corrected chi connectivity index (χ2v) is 17.6. The van der Waals surface area contributed by atoms with Gasteiger partial charge in [0, 0.05) is 74.8 Å². The lowest BCUT2D eigenvalue weighted by molar-refractivity contribution is -0.147. The van der Waals surface area contributed by atoms with E-state index >= 15 is 0 Å². The molecule has 1 aliphatic rings. The van der Waals surface area contributed by atoms with E-state index in [-0.39, 0.29) is 85.3 Å². The van der Waals surface area contributed by atoms with Gasteiger partial charge in [0.2, 0.25) is 0 Å². The van der Waals surface area contributed by atoms with E-state index in [9.17, 15) is 38.4 Å². The van der Waals surface area contributed by atoms with Gasteiger partial charge in [0.1, 0.15) is 45.2 Å². The summed E-state index contributed by atoms with van der Waals surface area (Å²) in [5, 5.41) is 92.1. The van der Waals surface area contributed by atoms with Crippen LogP contribution in [0.15, 0.2) is 127 Å². The van der Waals surface area contributed by atoms with Crippen LogP contribution in [-0.2, 0) is 85.7 Å². The third-order valence-electron chi connectivity index (χ3n) is 9.81. The molecule has 0 aliphatic heterocycles. The van der Waals surface area contributed by atoms with E-state index in [4.69, 9.17) is 65.6 Å². The smallest absolute Gasteiger partial charge is 0.330 e. The molecule has 1 aliphatic carbocycles. The summed E-state index contributed by atoms with van der Waals surface area (Å²) in [6, 6.07) is 0. The number of unbranched alkanes of at least 4 members (excludes halogenated alkanes) is 2. The Balaban J connectivity index is -0.000000123. The van der Waals surface area contributed by atoms with Crippen molar-refractivity contribution in [2.75, 3.05) is 112 Å². The molecule has 1 fully saturated rings. The zero-order valence-corrected chi connectivity index (χ0v) is 55.4. The molecule has 11 N–H and O–H groups in total. The fourth-order valence-electron chi connectivity index (χ4n) is 4.78. The average molecular weight is 1360 g/mol. The number of carbonyl (C=O) groups is 8. The summed E-state index contributed by atoms with van der Waals surface area (Å²) in [4.78, 5) is 82.9. The molecule has 0 radical (unpaired) electrons. The van der Waals surface area contributed by atoms with Crippen LogP contribution in [0.5, 0.6) is 0 Å². The van der Waals surface area contributed by atoms with Crippen molar-refractivity contribution < 1.29 is 142 Å². The standard InChI is InChI=1S/C12H20O2.2C7H12O3.2C6H10O4.2C6H10O3.C6H12O2.C5H8O3.C4H8O2/c1-3-10-5-7-11(8-6-10)9-14-12(13)4-2;1-3-6(8)5-10-7(9)4-2;1-2-7(9)10-6-4-3-5-8;1-2-6(9)10-4-5(8)3-7;1-2-6(9)10-5(3-7)4-8;1-3-6(8)9-4-5(2)7;1-2-6(8)9-5-3-4-7;1-2-8-6-4-3-5-7;1-2-5(7)8-4-3-6;1-2-6-4-3-5/h4,10-11H,2-3,5-9H2,1H3;4,6,8H,2-3,5H2,1H3;2,8H,1,3-6H2;2*2,5,7-8H,1,3-4H2;3,5,7H,1,4H2,2H3;2,7H,1,3-5H2;2,7H,1,3-6H2;2,6H,1,3-4H2;2,5H,1,3-4H2. The molecule has 3 unspecified atom stereocenters. The molecule has 0 saturated heterocycles. The van der Waals surface area contributed by atoms with Crippen LogP contribution >= 0.6 is 0 Å². The normalized spacial score (nSPS) is 12.5. The maximum Gasteiger partial charge on any atom is 0.330 e. The van der Waals surface area contributed by atoms with Crippen molar-refractivity contribution in [1.29, 1.82) is 0 Å². The van der Waals surface area contributed by atoms with Crippen molar-refractivity contribution in [2.45, 2.75) is 116 Å². The fraction of sp³-hybridized carbons (Fsp3) is 0.569. The van der Waals surface area contributed by atoms with E-state index in [0.29, 0.717) is 58.0 Å². The maximum atomic E-state index is 10.8. The summed E-state index contributed by atoms with van der Waals surface area (Å²) in [6.45, 7) is 39.3. The number of hydrogen-bond donors (Lipinski definition) is 11. The number of rotatable bonds is 39. The predicted octanol–water partition coefficient (Wildman–Crippen LogP) is 3.00. The van der Waals surface area contributed by atoms with Crippen LogP contribution in [0.4, 0.5) is 0 Å². The first-order valence-corrected chi connectivity index (χ1v) is 29.6. The van der Waals surface area contributed by atoms with Crippen molar-refractivity contribution in [2.24, 2.45) is 11.8 Å². The molecule has 3 atom stereocenters. The van der Waals surface area contributed by atoms with Gasteiger partial charge in [0.05, 0.1) is 84.2 Å². The second-order valence-electron chi connectivity index (χ2n) is 17.6. The molecular weight excluding hydrogens is 1240 g/mol. The molecular formula is C65H112O29. The molecule has 0 aromatic rings. The lowest BCUT2D eigenvalue weighted by atomic mass is 9.81. The summed E-state index contributed by atoms with van der Waals surface area (Å²) in [5.74, 6) is -2.39. The molecule has 0 amide bonds.